The van der Waals surface area contributed by atoms with Crippen LogP contribution in [-0.2, 0) is 0 Å². The summed E-state index contributed by atoms with van der Waals surface area (Å²) in [7, 11) is 5.67. The first-order chi connectivity index (χ1) is 12.9. The van der Waals surface area contributed by atoms with E-state index in [0.29, 0.717) is 16.0 Å². The number of hydrogen-bond acceptors (Lipinski definition) is 7. The van der Waals surface area contributed by atoms with Crippen LogP contribution >= 0.6 is 15.9 Å². The SMILES string of the molecule is COc1cc([N+](=O)[O-])ccc1NC(=O)c1cc(OC)c(OC)c(OC)c1Br. The van der Waals surface area contributed by atoms with Crippen LogP contribution in [0.15, 0.2) is 28.7 Å². The van der Waals surface area contributed by atoms with E-state index in [2.05, 4.69) is 21.2 Å². The van der Waals surface area contributed by atoms with Crippen LogP contribution in [-0.4, -0.2) is 39.3 Å². The maximum atomic E-state index is 12.8. The Hall–Kier alpha value is -3.01. The molecule has 10 heteroatoms. The predicted molar refractivity (Wildman–Crippen MR) is 101 cm³/mol. The number of nitrogens with one attached hydrogen (secondary N) is 1. The number of ether oxygens (including phenoxy) is 4. The van der Waals surface area contributed by atoms with Crippen LogP contribution in [0.5, 0.6) is 23.0 Å². The lowest BCUT2D eigenvalue weighted by Crippen LogP contribution is -2.14. The van der Waals surface area contributed by atoms with Gasteiger partial charge in [0, 0.05) is 6.07 Å². The van der Waals surface area contributed by atoms with Crippen molar-refractivity contribution in [2.75, 3.05) is 33.8 Å². The van der Waals surface area contributed by atoms with E-state index in [4.69, 9.17) is 18.9 Å². The number of benzene rings is 2. The number of carbonyl (C=O) groups excluding carboxylic acids is 1. The Morgan fingerprint density at radius 3 is 2.15 bits per heavy atom. The molecule has 0 bridgehead atoms. The van der Waals surface area contributed by atoms with Crippen LogP contribution in [0.2, 0.25) is 0 Å². The van der Waals surface area contributed by atoms with Gasteiger partial charge in [0.2, 0.25) is 5.75 Å². The quantitative estimate of drug-likeness (QED) is 0.516. The third-order valence-electron chi connectivity index (χ3n) is 3.66. The Morgan fingerprint density at radius 2 is 1.63 bits per heavy atom. The summed E-state index contributed by atoms with van der Waals surface area (Å²) in [4.78, 5) is 23.1. The molecule has 0 atom stereocenters. The van der Waals surface area contributed by atoms with Crippen molar-refractivity contribution in [1.29, 1.82) is 0 Å². The highest BCUT2D eigenvalue weighted by Gasteiger charge is 2.24. The predicted octanol–water partition coefficient (Wildman–Crippen LogP) is 3.64. The van der Waals surface area contributed by atoms with Crippen molar-refractivity contribution in [3.63, 3.8) is 0 Å². The fourth-order valence-corrected chi connectivity index (χ4v) is 3.01. The normalized spacial score (nSPS) is 10.1. The van der Waals surface area contributed by atoms with E-state index in [1.807, 2.05) is 0 Å². The van der Waals surface area contributed by atoms with Crippen LogP contribution in [0.4, 0.5) is 11.4 Å². The molecule has 0 aliphatic heterocycles. The van der Waals surface area contributed by atoms with Crippen LogP contribution in [0.1, 0.15) is 10.4 Å². The monoisotopic (exact) mass is 440 g/mol. The third kappa shape index (κ3) is 4.05. The van der Waals surface area contributed by atoms with Gasteiger partial charge in [-0.3, -0.25) is 14.9 Å². The van der Waals surface area contributed by atoms with Gasteiger partial charge in [0.25, 0.3) is 11.6 Å². The molecule has 144 valence electrons. The van der Waals surface area contributed by atoms with Gasteiger partial charge in [0.1, 0.15) is 5.75 Å². The number of nitro benzene ring substituents is 1. The third-order valence-corrected chi connectivity index (χ3v) is 4.45. The Kier molecular flexibility index (Phi) is 6.45. The maximum Gasteiger partial charge on any atom is 0.273 e. The lowest BCUT2D eigenvalue weighted by molar-refractivity contribution is -0.384. The lowest BCUT2D eigenvalue weighted by Gasteiger charge is -2.17. The first-order valence-electron chi connectivity index (χ1n) is 7.50. The Balaban J connectivity index is 2.46. The van der Waals surface area contributed by atoms with E-state index in [0.717, 1.165) is 0 Å². The number of halogens is 1. The van der Waals surface area contributed by atoms with Crippen LogP contribution in [0.25, 0.3) is 0 Å². The molecule has 0 fully saturated rings. The summed E-state index contributed by atoms with van der Waals surface area (Å²) >= 11 is 3.33. The second kappa shape index (κ2) is 8.58. The number of hydrogen-bond donors (Lipinski definition) is 1. The minimum absolute atomic E-state index is 0.154. The topological polar surface area (TPSA) is 109 Å². The van der Waals surface area contributed by atoms with Crippen molar-refractivity contribution in [3.05, 3.63) is 44.4 Å². The van der Waals surface area contributed by atoms with E-state index in [1.165, 1.54) is 52.7 Å². The van der Waals surface area contributed by atoms with Gasteiger partial charge in [-0.2, -0.15) is 0 Å². The van der Waals surface area contributed by atoms with Crippen molar-refractivity contribution in [2.45, 2.75) is 0 Å². The summed E-state index contributed by atoms with van der Waals surface area (Å²) in [6, 6.07) is 5.36. The minimum atomic E-state index is -0.552. The van der Waals surface area contributed by atoms with Crippen molar-refractivity contribution in [1.82, 2.24) is 0 Å². The first kappa shape index (κ1) is 20.3. The molecular weight excluding hydrogens is 424 g/mol. The summed E-state index contributed by atoms with van der Waals surface area (Å²) in [6.45, 7) is 0. The highest BCUT2D eigenvalue weighted by molar-refractivity contribution is 9.10. The van der Waals surface area contributed by atoms with Crippen LogP contribution < -0.4 is 24.3 Å². The molecule has 0 aliphatic rings. The zero-order valence-electron chi connectivity index (χ0n) is 15.0. The van der Waals surface area contributed by atoms with Gasteiger partial charge in [0.05, 0.1) is 55.2 Å². The van der Waals surface area contributed by atoms with E-state index in [-0.39, 0.29) is 28.4 Å². The fraction of sp³-hybridized carbons (Fsp3) is 0.235. The van der Waals surface area contributed by atoms with Gasteiger partial charge in [-0.25, -0.2) is 0 Å². The van der Waals surface area contributed by atoms with Gasteiger partial charge >= 0.3 is 0 Å². The molecule has 0 heterocycles. The second-order valence-corrected chi connectivity index (χ2v) is 5.90. The number of non-ortho nitro benzene ring substituents is 1. The minimum Gasteiger partial charge on any atom is -0.494 e. The molecule has 1 amide bonds. The molecule has 0 radical (unpaired) electrons. The van der Waals surface area contributed by atoms with E-state index < -0.39 is 10.8 Å². The van der Waals surface area contributed by atoms with E-state index in [9.17, 15) is 14.9 Å². The molecule has 0 aliphatic carbocycles. The van der Waals surface area contributed by atoms with Crippen LogP contribution in [0.3, 0.4) is 0 Å². The maximum absolute atomic E-state index is 12.8. The Bertz CT molecular complexity index is 886. The summed E-state index contributed by atoms with van der Waals surface area (Å²) in [5.74, 6) is 0.571. The van der Waals surface area contributed by atoms with E-state index in [1.54, 1.807) is 0 Å². The summed E-state index contributed by atoms with van der Waals surface area (Å²) in [5, 5.41) is 13.5. The summed E-state index contributed by atoms with van der Waals surface area (Å²) in [5.41, 5.74) is 0.331. The zero-order valence-corrected chi connectivity index (χ0v) is 16.6. The first-order valence-corrected chi connectivity index (χ1v) is 8.29. The highest BCUT2D eigenvalue weighted by atomic mass is 79.9. The Labute approximate surface area is 163 Å². The molecule has 0 saturated carbocycles. The average Bonchev–Trinajstić information content (AvgIpc) is 2.67. The zero-order chi connectivity index (χ0) is 20.1. The molecule has 2 aromatic carbocycles. The van der Waals surface area contributed by atoms with Gasteiger partial charge < -0.3 is 24.3 Å². The Morgan fingerprint density at radius 1 is 1.00 bits per heavy atom. The number of methoxy groups -OCH3 is 4. The highest BCUT2D eigenvalue weighted by Crippen LogP contribution is 2.45. The second-order valence-electron chi connectivity index (χ2n) is 5.10. The smallest absolute Gasteiger partial charge is 0.273 e. The molecule has 2 rings (SSSR count). The van der Waals surface area contributed by atoms with Gasteiger partial charge in [-0.1, -0.05) is 0 Å². The molecule has 0 unspecified atom stereocenters. The van der Waals surface area contributed by atoms with Crippen molar-refractivity contribution in [2.24, 2.45) is 0 Å². The number of rotatable bonds is 7. The molecule has 27 heavy (non-hydrogen) atoms. The number of nitro groups is 1. The van der Waals surface area contributed by atoms with Gasteiger partial charge in [-0.15, -0.1) is 0 Å². The largest absolute Gasteiger partial charge is 0.494 e. The molecule has 9 nitrogen and oxygen atoms in total. The average molecular weight is 441 g/mol. The summed E-state index contributed by atoms with van der Waals surface area (Å²) < 4.78 is 21.3. The number of amides is 1. The fourth-order valence-electron chi connectivity index (χ4n) is 2.37. The van der Waals surface area contributed by atoms with E-state index >= 15 is 0 Å². The number of nitrogens with zero attached hydrogens (tertiary/aromatic N) is 1. The summed E-state index contributed by atoms with van der Waals surface area (Å²) in [6.07, 6.45) is 0. The molecule has 0 aromatic heterocycles. The van der Waals surface area contributed by atoms with Crippen molar-refractivity contribution >= 4 is 33.2 Å². The molecule has 2 aromatic rings. The molecule has 0 spiro atoms. The lowest BCUT2D eigenvalue weighted by atomic mass is 10.1. The number of carbonyl (C=O) groups is 1. The van der Waals surface area contributed by atoms with Gasteiger partial charge in [-0.05, 0) is 28.1 Å². The van der Waals surface area contributed by atoms with Crippen molar-refractivity contribution in [3.8, 4) is 23.0 Å². The molecular formula is C17H17BrN2O7. The van der Waals surface area contributed by atoms with Crippen LogP contribution in [0, 0.1) is 10.1 Å². The molecule has 0 saturated heterocycles. The number of anilines is 1. The molecule has 1 N–H and O–H groups in total. The van der Waals surface area contributed by atoms with Gasteiger partial charge in [0.15, 0.2) is 11.5 Å². The standard InChI is InChI=1S/C17H17BrN2O7/c1-24-12-7-9(20(22)23)5-6-11(12)19-17(21)10-8-13(25-2)15(26-3)16(27-4)14(10)18/h5-8H,1-4H3,(H,19,21). The van der Waals surface area contributed by atoms with Crippen molar-refractivity contribution < 1.29 is 28.7 Å².